The van der Waals surface area contributed by atoms with Crippen LogP contribution in [0.15, 0.2) is 53.5 Å². The van der Waals surface area contributed by atoms with Gasteiger partial charge in [-0.05, 0) is 30.0 Å². The number of benzene rings is 2. The number of non-ortho nitro benzene ring substituents is 1. The predicted octanol–water partition coefficient (Wildman–Crippen LogP) is 3.66. The zero-order chi connectivity index (χ0) is 19.8. The van der Waals surface area contributed by atoms with E-state index in [-0.39, 0.29) is 11.8 Å². The summed E-state index contributed by atoms with van der Waals surface area (Å²) in [5, 5.41) is 18.1. The molecular formula is C20H23ClN4O3. The minimum atomic E-state index is -0.410. The zero-order valence-corrected chi connectivity index (χ0v) is 16.2. The van der Waals surface area contributed by atoms with Gasteiger partial charge >= 0.3 is 0 Å². The maximum atomic E-state index is 10.8. The van der Waals surface area contributed by atoms with Crippen LogP contribution in [-0.4, -0.2) is 30.1 Å². The number of rotatable bonds is 7. The van der Waals surface area contributed by atoms with Crippen LogP contribution in [0.1, 0.15) is 24.0 Å². The van der Waals surface area contributed by atoms with E-state index < -0.39 is 4.92 Å². The van der Waals surface area contributed by atoms with Crippen LogP contribution in [0.5, 0.6) is 0 Å². The standard InChI is InChI=1S/C20H23ClN4O3/c21-19-6-2-1-4-16(19)13-23-20(24-14-18-5-3-11-28-18)22-12-15-7-9-17(10-8-15)25(26)27/h1-2,4,6-10,18H,3,5,11-14H2,(H2,22,23,24). The van der Waals surface area contributed by atoms with E-state index in [1.165, 1.54) is 12.1 Å². The molecule has 0 bridgehead atoms. The molecule has 0 radical (unpaired) electrons. The Morgan fingerprint density at radius 1 is 1.21 bits per heavy atom. The minimum absolute atomic E-state index is 0.0707. The second-order valence-corrected chi connectivity index (χ2v) is 6.96. The van der Waals surface area contributed by atoms with Crippen LogP contribution in [0.2, 0.25) is 5.02 Å². The first kappa shape index (κ1) is 20.1. The lowest BCUT2D eigenvalue weighted by Crippen LogP contribution is -2.40. The summed E-state index contributed by atoms with van der Waals surface area (Å²) in [7, 11) is 0. The highest BCUT2D eigenvalue weighted by Gasteiger charge is 2.15. The van der Waals surface area contributed by atoms with Gasteiger partial charge in [0, 0.05) is 36.9 Å². The molecule has 148 valence electrons. The molecular weight excluding hydrogens is 380 g/mol. The van der Waals surface area contributed by atoms with Crippen LogP contribution in [0.3, 0.4) is 0 Å². The van der Waals surface area contributed by atoms with Crippen molar-refractivity contribution in [1.82, 2.24) is 10.6 Å². The molecule has 2 aromatic rings. The third kappa shape index (κ3) is 5.94. The van der Waals surface area contributed by atoms with Gasteiger partial charge < -0.3 is 15.4 Å². The van der Waals surface area contributed by atoms with Gasteiger partial charge in [0.15, 0.2) is 5.96 Å². The Bertz CT molecular complexity index is 820. The maximum absolute atomic E-state index is 10.8. The summed E-state index contributed by atoms with van der Waals surface area (Å²) in [4.78, 5) is 15.0. The number of nitrogens with zero attached hydrogens (tertiary/aromatic N) is 2. The molecule has 0 saturated carbocycles. The predicted molar refractivity (Wildman–Crippen MR) is 110 cm³/mol. The molecule has 2 aromatic carbocycles. The Morgan fingerprint density at radius 3 is 2.68 bits per heavy atom. The van der Waals surface area contributed by atoms with E-state index in [0.29, 0.717) is 30.6 Å². The number of hydrogen-bond donors (Lipinski definition) is 2. The van der Waals surface area contributed by atoms with Crippen molar-refractivity contribution in [3.8, 4) is 0 Å². The van der Waals surface area contributed by atoms with Gasteiger partial charge in [0.2, 0.25) is 0 Å². The summed E-state index contributed by atoms with van der Waals surface area (Å²) in [5.41, 5.74) is 1.94. The van der Waals surface area contributed by atoms with Crippen molar-refractivity contribution >= 4 is 23.2 Å². The molecule has 3 rings (SSSR count). The summed E-state index contributed by atoms with van der Waals surface area (Å²) in [6.07, 6.45) is 2.30. The van der Waals surface area contributed by atoms with E-state index >= 15 is 0 Å². The highest BCUT2D eigenvalue weighted by Crippen LogP contribution is 2.15. The summed E-state index contributed by atoms with van der Waals surface area (Å²) < 4.78 is 5.65. The zero-order valence-electron chi connectivity index (χ0n) is 15.4. The third-order valence-electron chi connectivity index (χ3n) is 4.49. The number of ether oxygens (including phenoxy) is 1. The first-order valence-electron chi connectivity index (χ1n) is 9.22. The van der Waals surface area contributed by atoms with Crippen molar-refractivity contribution in [2.24, 2.45) is 4.99 Å². The molecule has 0 amide bonds. The average Bonchev–Trinajstić information content (AvgIpc) is 3.22. The van der Waals surface area contributed by atoms with Gasteiger partial charge in [-0.2, -0.15) is 0 Å². The van der Waals surface area contributed by atoms with Crippen molar-refractivity contribution in [3.63, 3.8) is 0 Å². The van der Waals surface area contributed by atoms with E-state index in [2.05, 4.69) is 15.6 Å². The minimum Gasteiger partial charge on any atom is -0.376 e. The van der Waals surface area contributed by atoms with Gasteiger partial charge in [-0.15, -0.1) is 0 Å². The number of nitro benzene ring substituents is 1. The number of halogens is 1. The first-order chi connectivity index (χ1) is 13.6. The van der Waals surface area contributed by atoms with Crippen molar-refractivity contribution in [2.45, 2.75) is 32.0 Å². The Balaban J connectivity index is 1.64. The maximum Gasteiger partial charge on any atom is 0.269 e. The van der Waals surface area contributed by atoms with E-state index in [9.17, 15) is 10.1 Å². The molecule has 1 aliphatic rings. The molecule has 2 N–H and O–H groups in total. The fraction of sp³-hybridized carbons (Fsp3) is 0.350. The van der Waals surface area contributed by atoms with Crippen molar-refractivity contribution < 1.29 is 9.66 Å². The van der Waals surface area contributed by atoms with Gasteiger partial charge in [-0.25, -0.2) is 4.99 Å². The van der Waals surface area contributed by atoms with Crippen molar-refractivity contribution in [2.75, 3.05) is 13.2 Å². The number of hydrogen-bond acceptors (Lipinski definition) is 4. The lowest BCUT2D eigenvalue weighted by Gasteiger charge is -2.16. The van der Waals surface area contributed by atoms with Gasteiger partial charge in [0.1, 0.15) is 0 Å². The van der Waals surface area contributed by atoms with E-state index in [1.54, 1.807) is 12.1 Å². The number of nitro groups is 1. The number of aliphatic imine (C=N–C) groups is 1. The monoisotopic (exact) mass is 402 g/mol. The largest absolute Gasteiger partial charge is 0.376 e. The van der Waals surface area contributed by atoms with Crippen LogP contribution in [-0.2, 0) is 17.8 Å². The fourth-order valence-electron chi connectivity index (χ4n) is 2.90. The number of guanidine groups is 1. The SMILES string of the molecule is O=[N+]([O-])c1ccc(CN=C(NCc2ccccc2Cl)NCC2CCCO2)cc1. The number of nitrogens with one attached hydrogen (secondary N) is 2. The summed E-state index contributed by atoms with van der Waals surface area (Å²) in [6, 6.07) is 14.1. The highest BCUT2D eigenvalue weighted by atomic mass is 35.5. The van der Waals surface area contributed by atoms with E-state index in [0.717, 1.165) is 30.6 Å². The highest BCUT2D eigenvalue weighted by molar-refractivity contribution is 6.31. The topological polar surface area (TPSA) is 88.8 Å². The molecule has 1 heterocycles. The molecule has 1 saturated heterocycles. The molecule has 0 aromatic heterocycles. The van der Waals surface area contributed by atoms with Crippen LogP contribution in [0, 0.1) is 10.1 Å². The average molecular weight is 403 g/mol. The molecule has 0 aliphatic carbocycles. The molecule has 0 spiro atoms. The molecule has 8 heteroatoms. The molecule has 1 fully saturated rings. The fourth-order valence-corrected chi connectivity index (χ4v) is 3.11. The molecule has 28 heavy (non-hydrogen) atoms. The smallest absolute Gasteiger partial charge is 0.269 e. The van der Waals surface area contributed by atoms with Gasteiger partial charge in [0.05, 0.1) is 17.6 Å². The third-order valence-corrected chi connectivity index (χ3v) is 4.86. The molecule has 1 unspecified atom stereocenters. The van der Waals surface area contributed by atoms with Crippen LogP contribution in [0.4, 0.5) is 5.69 Å². The summed E-state index contributed by atoms with van der Waals surface area (Å²) >= 11 is 6.23. The second kappa shape index (κ2) is 10.1. The van der Waals surface area contributed by atoms with Crippen molar-refractivity contribution in [1.29, 1.82) is 0 Å². The Morgan fingerprint density at radius 2 is 2.00 bits per heavy atom. The summed E-state index contributed by atoms with van der Waals surface area (Å²) in [5.74, 6) is 0.647. The normalized spacial score (nSPS) is 16.8. The molecule has 1 aliphatic heterocycles. The van der Waals surface area contributed by atoms with Gasteiger partial charge in [0.25, 0.3) is 5.69 Å². The van der Waals surface area contributed by atoms with Crippen LogP contribution >= 0.6 is 11.6 Å². The Hall–Kier alpha value is -2.64. The lowest BCUT2D eigenvalue weighted by molar-refractivity contribution is -0.384. The summed E-state index contributed by atoms with van der Waals surface area (Å²) in [6.45, 7) is 2.42. The first-order valence-corrected chi connectivity index (χ1v) is 9.60. The quantitative estimate of drug-likeness (QED) is 0.319. The van der Waals surface area contributed by atoms with E-state index in [1.807, 2.05) is 24.3 Å². The molecule has 7 nitrogen and oxygen atoms in total. The van der Waals surface area contributed by atoms with Crippen LogP contribution in [0.25, 0.3) is 0 Å². The second-order valence-electron chi connectivity index (χ2n) is 6.55. The van der Waals surface area contributed by atoms with E-state index in [4.69, 9.17) is 16.3 Å². The van der Waals surface area contributed by atoms with Gasteiger partial charge in [-0.3, -0.25) is 10.1 Å². The Kier molecular flexibility index (Phi) is 7.22. The lowest BCUT2D eigenvalue weighted by atomic mass is 10.2. The Labute approximate surface area is 168 Å². The van der Waals surface area contributed by atoms with Gasteiger partial charge in [-0.1, -0.05) is 41.9 Å². The molecule has 1 atom stereocenters. The van der Waals surface area contributed by atoms with Crippen LogP contribution < -0.4 is 10.6 Å². The van der Waals surface area contributed by atoms with Crippen molar-refractivity contribution in [3.05, 3.63) is 74.8 Å².